The van der Waals surface area contributed by atoms with Gasteiger partial charge in [0.2, 0.25) is 0 Å². The third-order valence-corrected chi connectivity index (χ3v) is 4.85. The number of hydrogen-bond acceptors (Lipinski definition) is 3. The number of esters is 1. The van der Waals surface area contributed by atoms with E-state index < -0.39 is 0 Å². The van der Waals surface area contributed by atoms with Crippen molar-refractivity contribution in [3.05, 3.63) is 83.9 Å². The van der Waals surface area contributed by atoms with Crippen LogP contribution >= 0.6 is 0 Å². The SMILES string of the molecule is COc1ccc(C2=CCC(Cc3cccc4ccccc34)C(=O)O2)cc1. The van der Waals surface area contributed by atoms with E-state index in [-0.39, 0.29) is 11.9 Å². The van der Waals surface area contributed by atoms with Gasteiger partial charge in [-0.05, 0) is 59.5 Å². The third-order valence-electron chi connectivity index (χ3n) is 4.85. The Hall–Kier alpha value is -3.07. The summed E-state index contributed by atoms with van der Waals surface area (Å²) in [6, 6.07) is 22.1. The average Bonchev–Trinajstić information content (AvgIpc) is 2.70. The largest absolute Gasteiger partial charge is 0.497 e. The van der Waals surface area contributed by atoms with Gasteiger partial charge in [-0.25, -0.2) is 0 Å². The number of hydrogen-bond donors (Lipinski definition) is 0. The van der Waals surface area contributed by atoms with Crippen LogP contribution in [0.2, 0.25) is 0 Å². The molecule has 1 unspecified atom stereocenters. The minimum Gasteiger partial charge on any atom is -0.497 e. The summed E-state index contributed by atoms with van der Waals surface area (Å²) in [5.74, 6) is 1.10. The standard InChI is InChI=1S/C23H20O3/c1-25-20-12-9-17(10-13-20)22-14-11-19(23(24)26-22)15-18-7-4-6-16-5-2-3-8-21(16)18/h2-10,12-14,19H,11,15H2,1H3. The third kappa shape index (κ3) is 3.21. The predicted octanol–water partition coefficient (Wildman–Crippen LogP) is 5.00. The second-order valence-electron chi connectivity index (χ2n) is 6.49. The van der Waals surface area contributed by atoms with E-state index in [2.05, 4.69) is 24.3 Å². The number of rotatable bonds is 4. The Balaban J connectivity index is 1.54. The van der Waals surface area contributed by atoms with Crippen molar-refractivity contribution in [3.63, 3.8) is 0 Å². The maximum absolute atomic E-state index is 12.6. The highest BCUT2D eigenvalue weighted by Gasteiger charge is 2.26. The van der Waals surface area contributed by atoms with Crippen LogP contribution in [0.5, 0.6) is 5.75 Å². The fraction of sp³-hybridized carbons (Fsp3) is 0.174. The van der Waals surface area contributed by atoms with E-state index in [0.29, 0.717) is 18.6 Å². The van der Waals surface area contributed by atoms with E-state index in [1.54, 1.807) is 7.11 Å². The molecule has 26 heavy (non-hydrogen) atoms. The molecule has 130 valence electrons. The molecule has 0 aliphatic carbocycles. The monoisotopic (exact) mass is 344 g/mol. The number of ether oxygens (including phenoxy) is 2. The van der Waals surface area contributed by atoms with Crippen molar-refractivity contribution in [2.75, 3.05) is 7.11 Å². The number of fused-ring (bicyclic) bond motifs is 1. The van der Waals surface area contributed by atoms with Crippen LogP contribution in [0.15, 0.2) is 72.8 Å². The molecule has 0 saturated heterocycles. The van der Waals surface area contributed by atoms with Crippen LogP contribution in [0.1, 0.15) is 17.5 Å². The lowest BCUT2D eigenvalue weighted by molar-refractivity contribution is -0.142. The molecule has 0 radical (unpaired) electrons. The molecule has 3 heteroatoms. The fourth-order valence-corrected chi connectivity index (χ4v) is 3.41. The Bertz CT molecular complexity index is 965. The summed E-state index contributed by atoms with van der Waals surface area (Å²) < 4.78 is 10.8. The van der Waals surface area contributed by atoms with Crippen LogP contribution in [-0.4, -0.2) is 13.1 Å². The van der Waals surface area contributed by atoms with E-state index in [0.717, 1.165) is 11.3 Å². The molecule has 3 aromatic rings. The van der Waals surface area contributed by atoms with Crippen molar-refractivity contribution >= 4 is 22.5 Å². The van der Waals surface area contributed by atoms with Crippen molar-refractivity contribution in [2.45, 2.75) is 12.8 Å². The molecule has 0 fully saturated rings. The Morgan fingerprint density at radius 2 is 1.77 bits per heavy atom. The molecule has 0 N–H and O–H groups in total. The van der Waals surface area contributed by atoms with Gasteiger partial charge in [0.25, 0.3) is 0 Å². The lowest BCUT2D eigenvalue weighted by atomic mass is 9.91. The minimum atomic E-state index is -0.161. The number of methoxy groups -OCH3 is 1. The van der Waals surface area contributed by atoms with Crippen LogP contribution in [0.25, 0.3) is 16.5 Å². The van der Waals surface area contributed by atoms with Gasteiger partial charge in [-0.15, -0.1) is 0 Å². The average molecular weight is 344 g/mol. The zero-order valence-corrected chi connectivity index (χ0v) is 14.6. The first kappa shape index (κ1) is 16.4. The highest BCUT2D eigenvalue weighted by Crippen LogP contribution is 2.30. The van der Waals surface area contributed by atoms with E-state index in [4.69, 9.17) is 9.47 Å². The van der Waals surface area contributed by atoms with E-state index >= 15 is 0 Å². The second-order valence-corrected chi connectivity index (χ2v) is 6.49. The van der Waals surface area contributed by atoms with Gasteiger partial charge in [-0.2, -0.15) is 0 Å². The molecule has 1 aliphatic rings. The van der Waals surface area contributed by atoms with Crippen molar-refractivity contribution in [1.29, 1.82) is 0 Å². The van der Waals surface area contributed by atoms with Crippen LogP contribution in [-0.2, 0) is 16.0 Å². The van der Waals surface area contributed by atoms with Crippen LogP contribution in [0.3, 0.4) is 0 Å². The van der Waals surface area contributed by atoms with Gasteiger partial charge in [0.15, 0.2) is 0 Å². The summed E-state index contributed by atoms with van der Waals surface area (Å²) in [4.78, 5) is 12.6. The quantitative estimate of drug-likeness (QED) is 0.625. The second kappa shape index (κ2) is 7.04. The van der Waals surface area contributed by atoms with Gasteiger partial charge >= 0.3 is 5.97 Å². The van der Waals surface area contributed by atoms with Crippen LogP contribution < -0.4 is 4.74 Å². The van der Waals surface area contributed by atoms with Gasteiger partial charge in [0, 0.05) is 5.56 Å². The molecular formula is C23H20O3. The van der Waals surface area contributed by atoms with Crippen molar-refractivity contribution < 1.29 is 14.3 Å². The lowest BCUT2D eigenvalue weighted by Crippen LogP contribution is -2.23. The molecule has 4 rings (SSSR count). The number of carbonyl (C=O) groups is 1. The van der Waals surface area contributed by atoms with Gasteiger partial charge in [0.05, 0.1) is 13.0 Å². The molecule has 0 aromatic heterocycles. The lowest BCUT2D eigenvalue weighted by Gasteiger charge is -2.22. The minimum absolute atomic E-state index is 0.150. The normalized spacial score (nSPS) is 16.9. The molecule has 3 aromatic carbocycles. The first-order valence-electron chi connectivity index (χ1n) is 8.77. The van der Waals surface area contributed by atoms with Crippen molar-refractivity contribution in [1.82, 2.24) is 0 Å². The smallest absolute Gasteiger partial charge is 0.314 e. The van der Waals surface area contributed by atoms with E-state index in [1.807, 2.05) is 48.5 Å². The summed E-state index contributed by atoms with van der Waals surface area (Å²) in [7, 11) is 1.63. The first-order chi connectivity index (χ1) is 12.7. The molecule has 3 nitrogen and oxygen atoms in total. The fourth-order valence-electron chi connectivity index (χ4n) is 3.41. The first-order valence-corrected chi connectivity index (χ1v) is 8.77. The van der Waals surface area contributed by atoms with E-state index in [1.165, 1.54) is 16.3 Å². The molecule has 0 amide bonds. The summed E-state index contributed by atoms with van der Waals surface area (Å²) in [6.45, 7) is 0. The molecule has 0 saturated carbocycles. The molecule has 1 atom stereocenters. The zero-order chi connectivity index (χ0) is 17.9. The van der Waals surface area contributed by atoms with Gasteiger partial charge in [-0.3, -0.25) is 4.79 Å². The Kier molecular flexibility index (Phi) is 4.44. The van der Waals surface area contributed by atoms with Crippen LogP contribution in [0.4, 0.5) is 0 Å². The van der Waals surface area contributed by atoms with E-state index in [9.17, 15) is 4.79 Å². The summed E-state index contributed by atoms with van der Waals surface area (Å²) in [6.07, 6.45) is 3.38. The van der Waals surface area contributed by atoms with Gasteiger partial charge < -0.3 is 9.47 Å². The summed E-state index contributed by atoms with van der Waals surface area (Å²) in [5, 5.41) is 2.40. The van der Waals surface area contributed by atoms with Gasteiger partial charge in [-0.1, -0.05) is 42.5 Å². The molecular weight excluding hydrogens is 324 g/mol. The Morgan fingerprint density at radius 1 is 1.00 bits per heavy atom. The molecule has 0 bridgehead atoms. The van der Waals surface area contributed by atoms with Crippen molar-refractivity contribution in [2.24, 2.45) is 5.92 Å². The molecule has 1 heterocycles. The van der Waals surface area contributed by atoms with Gasteiger partial charge in [0.1, 0.15) is 11.5 Å². The highest BCUT2D eigenvalue weighted by molar-refractivity contribution is 5.87. The zero-order valence-electron chi connectivity index (χ0n) is 14.6. The summed E-state index contributed by atoms with van der Waals surface area (Å²) >= 11 is 0. The maximum Gasteiger partial charge on any atom is 0.314 e. The molecule has 1 aliphatic heterocycles. The highest BCUT2D eigenvalue weighted by atomic mass is 16.5. The topological polar surface area (TPSA) is 35.5 Å². The Morgan fingerprint density at radius 3 is 2.54 bits per heavy atom. The van der Waals surface area contributed by atoms with Crippen molar-refractivity contribution in [3.8, 4) is 5.75 Å². The Labute approximate surface area is 152 Å². The predicted molar refractivity (Wildman–Crippen MR) is 103 cm³/mol. The maximum atomic E-state index is 12.6. The number of benzene rings is 3. The number of allylic oxidation sites excluding steroid dienone is 1. The number of carbonyl (C=O) groups excluding carboxylic acids is 1. The van der Waals surface area contributed by atoms with Crippen LogP contribution in [0, 0.1) is 5.92 Å². The summed E-state index contributed by atoms with van der Waals surface area (Å²) in [5.41, 5.74) is 2.08. The molecule has 0 spiro atoms. The number of cyclic esters (lactones) is 1.